The lowest BCUT2D eigenvalue weighted by Gasteiger charge is -2.15. The first-order chi connectivity index (χ1) is 18.0. The molecule has 0 amide bonds. The Bertz CT molecular complexity index is 1690. The van der Waals surface area contributed by atoms with E-state index in [9.17, 15) is 4.79 Å². The van der Waals surface area contributed by atoms with E-state index in [-0.39, 0.29) is 5.56 Å². The third-order valence-electron chi connectivity index (χ3n) is 6.77. The number of benzene rings is 3. The quantitative estimate of drug-likeness (QED) is 0.249. The van der Waals surface area contributed by atoms with Crippen molar-refractivity contribution in [3.63, 3.8) is 0 Å². The van der Waals surface area contributed by atoms with Crippen LogP contribution in [-0.2, 0) is 13.0 Å². The predicted octanol–water partition coefficient (Wildman–Crippen LogP) is 6.78. The van der Waals surface area contributed by atoms with Gasteiger partial charge in [-0.25, -0.2) is 0 Å². The Morgan fingerprint density at radius 2 is 1.81 bits per heavy atom. The van der Waals surface area contributed by atoms with Crippen LogP contribution in [0.1, 0.15) is 37.8 Å². The first kappa shape index (κ1) is 25.4. The zero-order valence-corrected chi connectivity index (χ0v) is 23.3. The second-order valence-electron chi connectivity index (χ2n) is 9.27. The molecule has 5 heteroatoms. The summed E-state index contributed by atoms with van der Waals surface area (Å²) in [5.74, 6) is 0. The second-order valence-corrected chi connectivity index (χ2v) is 11.3. The molecular weight excluding hydrogens is 492 g/mol. The molecule has 0 atom stereocenters. The summed E-state index contributed by atoms with van der Waals surface area (Å²) in [5, 5.41) is 3.41. The number of aromatic nitrogens is 1. The summed E-state index contributed by atoms with van der Waals surface area (Å²) in [6.07, 6.45) is 9.68. The SMILES string of the molecule is C=C(/C=C\c1ccccc1CCCC)/C=c1\s/c(=C2\Sc3ccc4ccccc4c3N2C)c(=O)n1CC. The van der Waals surface area contributed by atoms with E-state index in [0.29, 0.717) is 6.54 Å². The number of aryl methyl sites for hydroxylation is 1. The van der Waals surface area contributed by atoms with E-state index >= 15 is 0 Å². The smallest absolute Gasteiger partial charge is 0.271 e. The number of hydrogen-bond acceptors (Lipinski definition) is 4. The predicted molar refractivity (Wildman–Crippen MR) is 163 cm³/mol. The summed E-state index contributed by atoms with van der Waals surface area (Å²) in [4.78, 5) is 16.9. The molecular formula is C32H32N2OS2. The highest BCUT2D eigenvalue weighted by molar-refractivity contribution is 8.08. The average molecular weight is 525 g/mol. The van der Waals surface area contributed by atoms with Crippen LogP contribution in [0.4, 0.5) is 5.69 Å². The Labute approximate surface area is 226 Å². The Balaban J connectivity index is 1.52. The summed E-state index contributed by atoms with van der Waals surface area (Å²) in [7, 11) is 2.07. The van der Waals surface area contributed by atoms with E-state index in [1.54, 1.807) is 23.1 Å². The van der Waals surface area contributed by atoms with E-state index < -0.39 is 0 Å². The molecule has 188 valence electrons. The number of anilines is 1. The van der Waals surface area contributed by atoms with Crippen molar-refractivity contribution in [2.75, 3.05) is 11.9 Å². The topological polar surface area (TPSA) is 25.2 Å². The van der Waals surface area contributed by atoms with Gasteiger partial charge in [0.2, 0.25) is 0 Å². The average Bonchev–Trinajstić information content (AvgIpc) is 3.42. The summed E-state index contributed by atoms with van der Waals surface area (Å²) < 4.78 is 3.57. The van der Waals surface area contributed by atoms with Gasteiger partial charge in [-0.1, -0.05) is 98.4 Å². The molecule has 0 unspecified atom stereocenters. The molecule has 0 spiro atoms. The van der Waals surface area contributed by atoms with Crippen LogP contribution < -0.4 is 19.7 Å². The summed E-state index contributed by atoms with van der Waals surface area (Å²) in [6.45, 7) is 9.14. The van der Waals surface area contributed by atoms with Gasteiger partial charge in [0.05, 0.1) is 10.4 Å². The van der Waals surface area contributed by atoms with Gasteiger partial charge in [0, 0.05) is 23.9 Å². The van der Waals surface area contributed by atoms with Gasteiger partial charge in [-0.05, 0) is 54.0 Å². The van der Waals surface area contributed by atoms with Crippen LogP contribution in [0, 0.1) is 0 Å². The Morgan fingerprint density at radius 1 is 1.03 bits per heavy atom. The molecule has 1 aliphatic heterocycles. The number of hydrogen-bond donors (Lipinski definition) is 0. The Hall–Kier alpha value is -3.28. The highest BCUT2D eigenvalue weighted by atomic mass is 32.2. The van der Waals surface area contributed by atoms with Crippen molar-refractivity contribution in [2.45, 2.75) is 44.6 Å². The van der Waals surface area contributed by atoms with Crippen LogP contribution in [0.5, 0.6) is 0 Å². The number of unbranched alkanes of at least 4 members (excludes halogenated alkanes) is 1. The van der Waals surface area contributed by atoms with Crippen LogP contribution in [-0.4, -0.2) is 11.6 Å². The standard InChI is InChI=1S/C32H32N2OS2/c1-5-7-12-23-13-8-9-14-24(23)18-17-22(3)21-28-34(6-2)31(35)30(37-28)32-33(4)29-26-16-11-10-15-25(26)19-20-27(29)36-32/h8-11,13-21H,3,5-7,12H2,1-2,4H3/b18-17-,28-21-,32-30-. The van der Waals surface area contributed by atoms with Gasteiger partial charge < -0.3 is 4.90 Å². The van der Waals surface area contributed by atoms with E-state index in [2.05, 4.69) is 98.3 Å². The fourth-order valence-corrected chi connectivity index (χ4v) is 7.31. The minimum atomic E-state index is 0.0619. The molecule has 1 aromatic heterocycles. The fourth-order valence-electron chi connectivity index (χ4n) is 4.80. The number of fused-ring (bicyclic) bond motifs is 3. The maximum atomic E-state index is 13.5. The number of rotatable bonds is 7. The maximum Gasteiger partial charge on any atom is 0.271 e. The number of thiazole rings is 1. The van der Waals surface area contributed by atoms with Crippen LogP contribution in [0.3, 0.4) is 0 Å². The van der Waals surface area contributed by atoms with Crippen LogP contribution in [0.15, 0.2) is 88.6 Å². The van der Waals surface area contributed by atoms with Gasteiger partial charge in [0.1, 0.15) is 9.56 Å². The molecule has 5 rings (SSSR count). The van der Waals surface area contributed by atoms with Crippen molar-refractivity contribution in [3.05, 3.63) is 110 Å². The molecule has 1 aliphatic rings. The Morgan fingerprint density at radius 3 is 2.62 bits per heavy atom. The molecule has 2 heterocycles. The van der Waals surface area contributed by atoms with Crippen molar-refractivity contribution in [1.29, 1.82) is 0 Å². The van der Waals surface area contributed by atoms with Gasteiger partial charge >= 0.3 is 0 Å². The summed E-state index contributed by atoms with van der Waals surface area (Å²) in [6, 6.07) is 21.3. The van der Waals surface area contributed by atoms with Crippen molar-refractivity contribution < 1.29 is 0 Å². The summed E-state index contributed by atoms with van der Waals surface area (Å²) >= 11 is 3.24. The monoisotopic (exact) mass is 524 g/mol. The largest absolute Gasteiger partial charge is 0.336 e. The van der Waals surface area contributed by atoms with Crippen molar-refractivity contribution >= 4 is 56.7 Å². The van der Waals surface area contributed by atoms with Gasteiger partial charge in [-0.3, -0.25) is 9.36 Å². The molecule has 0 N–H and O–H groups in total. The lowest BCUT2D eigenvalue weighted by atomic mass is 10.0. The minimum Gasteiger partial charge on any atom is -0.336 e. The van der Waals surface area contributed by atoms with Gasteiger partial charge in [-0.15, -0.1) is 11.3 Å². The summed E-state index contributed by atoms with van der Waals surface area (Å²) in [5.41, 5.74) is 4.71. The van der Waals surface area contributed by atoms with E-state index in [1.165, 1.54) is 45.3 Å². The number of nitrogens with zero attached hydrogens (tertiary/aromatic N) is 2. The number of thioether (sulfide) groups is 1. The van der Waals surface area contributed by atoms with Gasteiger partial charge in [0.15, 0.2) is 0 Å². The zero-order chi connectivity index (χ0) is 25.9. The maximum absolute atomic E-state index is 13.5. The van der Waals surface area contributed by atoms with Crippen LogP contribution in [0.25, 0.3) is 28.0 Å². The number of allylic oxidation sites excluding steroid dienone is 2. The van der Waals surface area contributed by atoms with E-state index in [0.717, 1.165) is 26.2 Å². The van der Waals surface area contributed by atoms with Crippen molar-refractivity contribution in [3.8, 4) is 0 Å². The molecule has 4 aromatic rings. The molecule has 37 heavy (non-hydrogen) atoms. The molecule has 3 aromatic carbocycles. The third-order valence-corrected chi connectivity index (χ3v) is 9.24. The first-order valence-electron chi connectivity index (χ1n) is 12.9. The molecule has 3 nitrogen and oxygen atoms in total. The first-order valence-corrected chi connectivity index (χ1v) is 14.5. The van der Waals surface area contributed by atoms with Crippen molar-refractivity contribution in [2.24, 2.45) is 0 Å². The van der Waals surface area contributed by atoms with E-state index in [1.807, 2.05) is 17.6 Å². The second kappa shape index (κ2) is 11.0. The lowest BCUT2D eigenvalue weighted by molar-refractivity contribution is 0.722. The molecule has 0 bridgehead atoms. The lowest BCUT2D eigenvalue weighted by Crippen LogP contribution is -2.33. The van der Waals surface area contributed by atoms with Gasteiger partial charge in [0.25, 0.3) is 5.56 Å². The molecule has 0 aliphatic carbocycles. The normalized spacial score (nSPS) is 15.2. The Kier molecular flexibility index (Phi) is 7.54. The fraction of sp³-hybridized carbons (Fsp3) is 0.219. The van der Waals surface area contributed by atoms with E-state index in [4.69, 9.17) is 0 Å². The third kappa shape index (κ3) is 4.98. The van der Waals surface area contributed by atoms with Crippen molar-refractivity contribution in [1.82, 2.24) is 4.57 Å². The van der Waals surface area contributed by atoms with Crippen LogP contribution >= 0.6 is 23.1 Å². The van der Waals surface area contributed by atoms with Crippen LogP contribution in [0.2, 0.25) is 0 Å². The molecule has 0 saturated heterocycles. The highest BCUT2D eigenvalue weighted by Crippen LogP contribution is 2.48. The van der Waals surface area contributed by atoms with Gasteiger partial charge in [-0.2, -0.15) is 0 Å². The highest BCUT2D eigenvalue weighted by Gasteiger charge is 2.26. The minimum absolute atomic E-state index is 0.0619. The molecule has 0 radical (unpaired) electrons. The zero-order valence-electron chi connectivity index (χ0n) is 21.7. The molecule has 0 saturated carbocycles. The molecule has 0 fully saturated rings.